The molecule has 0 unspecified atom stereocenters. The first-order chi connectivity index (χ1) is 12.6. The Morgan fingerprint density at radius 3 is 2.81 bits per heavy atom. The summed E-state index contributed by atoms with van der Waals surface area (Å²) >= 11 is 0. The predicted molar refractivity (Wildman–Crippen MR) is 93.6 cm³/mol. The van der Waals surface area contributed by atoms with E-state index in [1.54, 1.807) is 18.3 Å². The summed E-state index contributed by atoms with van der Waals surface area (Å²) in [6.45, 7) is 2.04. The second kappa shape index (κ2) is 7.22. The van der Waals surface area contributed by atoms with Gasteiger partial charge in [-0.2, -0.15) is 4.31 Å². The molecule has 3 heterocycles. The molecule has 2 aromatic rings. The van der Waals surface area contributed by atoms with Gasteiger partial charge in [0.2, 0.25) is 10.0 Å². The summed E-state index contributed by atoms with van der Waals surface area (Å²) < 4.78 is 44.0. The van der Waals surface area contributed by atoms with E-state index in [9.17, 15) is 8.42 Å². The van der Waals surface area contributed by atoms with Gasteiger partial charge in [0, 0.05) is 25.4 Å². The summed E-state index contributed by atoms with van der Waals surface area (Å²) in [4.78, 5) is 4.43. The SMILES string of the molecule is O=S(=O)(c1ccc2c(c1)OCCO2)N1CC[C@@H](OCc2ccccn2)C1. The number of fused-ring (bicyclic) bond motifs is 1. The zero-order chi connectivity index (χ0) is 18.0. The molecule has 0 amide bonds. The van der Waals surface area contributed by atoms with Crippen molar-refractivity contribution in [2.24, 2.45) is 0 Å². The van der Waals surface area contributed by atoms with Crippen molar-refractivity contribution in [3.63, 3.8) is 0 Å². The first kappa shape index (κ1) is 17.3. The van der Waals surface area contributed by atoms with Gasteiger partial charge in [0.25, 0.3) is 0 Å². The van der Waals surface area contributed by atoms with E-state index in [4.69, 9.17) is 14.2 Å². The van der Waals surface area contributed by atoms with E-state index < -0.39 is 10.0 Å². The van der Waals surface area contributed by atoms with E-state index in [0.717, 1.165) is 5.69 Å². The Hall–Kier alpha value is -2.16. The van der Waals surface area contributed by atoms with Gasteiger partial charge < -0.3 is 14.2 Å². The third kappa shape index (κ3) is 3.53. The molecule has 2 aliphatic heterocycles. The van der Waals surface area contributed by atoms with E-state index in [2.05, 4.69) is 4.98 Å². The molecule has 26 heavy (non-hydrogen) atoms. The molecule has 4 rings (SSSR count). The molecule has 0 bridgehead atoms. The maximum atomic E-state index is 12.9. The van der Waals surface area contributed by atoms with Crippen LogP contribution in [0.3, 0.4) is 0 Å². The topological polar surface area (TPSA) is 78.0 Å². The highest BCUT2D eigenvalue weighted by Gasteiger charge is 2.33. The smallest absolute Gasteiger partial charge is 0.243 e. The first-order valence-electron chi connectivity index (χ1n) is 8.54. The van der Waals surface area contributed by atoms with E-state index in [0.29, 0.717) is 50.8 Å². The van der Waals surface area contributed by atoms with Crippen LogP contribution in [0.5, 0.6) is 11.5 Å². The minimum Gasteiger partial charge on any atom is -0.486 e. The number of hydrogen-bond donors (Lipinski definition) is 0. The van der Waals surface area contributed by atoms with E-state index in [1.165, 1.54) is 10.4 Å². The summed E-state index contributed by atoms with van der Waals surface area (Å²) in [5.74, 6) is 1.05. The van der Waals surface area contributed by atoms with Crippen LogP contribution in [0, 0.1) is 0 Å². The fourth-order valence-electron chi connectivity index (χ4n) is 3.07. The minimum absolute atomic E-state index is 0.135. The maximum Gasteiger partial charge on any atom is 0.243 e. The van der Waals surface area contributed by atoms with Crippen LogP contribution in [0.1, 0.15) is 12.1 Å². The lowest BCUT2D eigenvalue weighted by molar-refractivity contribution is 0.0489. The second-order valence-electron chi connectivity index (χ2n) is 6.21. The van der Waals surface area contributed by atoms with Crippen LogP contribution in [0.15, 0.2) is 47.5 Å². The van der Waals surface area contributed by atoms with Crippen LogP contribution in [-0.2, 0) is 21.4 Å². The molecule has 1 saturated heterocycles. The van der Waals surface area contributed by atoms with Crippen LogP contribution in [0.25, 0.3) is 0 Å². The number of nitrogens with zero attached hydrogens (tertiary/aromatic N) is 2. The summed E-state index contributed by atoms with van der Waals surface area (Å²) in [7, 11) is -3.59. The lowest BCUT2D eigenvalue weighted by Crippen LogP contribution is -2.30. The van der Waals surface area contributed by atoms with Gasteiger partial charge >= 0.3 is 0 Å². The molecule has 1 fully saturated rings. The normalized spacial score (nSPS) is 20.2. The van der Waals surface area contributed by atoms with Crippen molar-refractivity contribution in [1.82, 2.24) is 9.29 Å². The number of benzene rings is 1. The molecule has 138 valence electrons. The quantitative estimate of drug-likeness (QED) is 0.792. The van der Waals surface area contributed by atoms with Crippen LogP contribution >= 0.6 is 0 Å². The minimum atomic E-state index is -3.59. The third-order valence-corrected chi connectivity index (χ3v) is 6.31. The van der Waals surface area contributed by atoms with Gasteiger partial charge in [-0.25, -0.2) is 8.42 Å². The zero-order valence-electron chi connectivity index (χ0n) is 14.2. The number of rotatable bonds is 5. The molecule has 2 aliphatic rings. The summed E-state index contributed by atoms with van der Waals surface area (Å²) in [5, 5.41) is 0. The van der Waals surface area contributed by atoms with Gasteiger partial charge in [-0.3, -0.25) is 4.98 Å². The zero-order valence-corrected chi connectivity index (χ0v) is 15.0. The van der Waals surface area contributed by atoms with Crippen molar-refractivity contribution >= 4 is 10.0 Å². The Labute approximate surface area is 152 Å². The number of ether oxygens (including phenoxy) is 3. The largest absolute Gasteiger partial charge is 0.486 e. The molecule has 1 aromatic heterocycles. The van der Waals surface area contributed by atoms with Crippen molar-refractivity contribution in [3.05, 3.63) is 48.3 Å². The fraction of sp³-hybridized carbons (Fsp3) is 0.389. The van der Waals surface area contributed by atoms with Crippen molar-refractivity contribution in [3.8, 4) is 11.5 Å². The molecular weight excluding hydrogens is 356 g/mol. The van der Waals surface area contributed by atoms with Crippen LogP contribution < -0.4 is 9.47 Å². The van der Waals surface area contributed by atoms with Crippen molar-refractivity contribution < 1.29 is 22.6 Å². The number of aromatic nitrogens is 1. The molecule has 8 heteroatoms. The Kier molecular flexibility index (Phi) is 4.80. The van der Waals surface area contributed by atoms with Gasteiger partial charge in [-0.05, 0) is 30.7 Å². The molecule has 0 N–H and O–H groups in total. The maximum absolute atomic E-state index is 12.9. The fourth-order valence-corrected chi connectivity index (χ4v) is 4.57. The van der Waals surface area contributed by atoms with Crippen LogP contribution in [0.4, 0.5) is 0 Å². The summed E-state index contributed by atoms with van der Waals surface area (Å²) in [6.07, 6.45) is 2.24. The molecule has 0 saturated carbocycles. The van der Waals surface area contributed by atoms with Gasteiger partial charge in [-0.15, -0.1) is 0 Å². The molecular formula is C18H20N2O5S. The Bertz CT molecular complexity index is 872. The molecule has 0 aliphatic carbocycles. The van der Waals surface area contributed by atoms with E-state index in [-0.39, 0.29) is 11.0 Å². The number of pyridine rings is 1. The monoisotopic (exact) mass is 376 g/mol. The standard InChI is InChI=1S/C18H20N2O5S/c21-26(22,16-4-5-17-18(11-16)24-10-9-23-17)20-8-6-15(12-20)25-13-14-3-1-2-7-19-14/h1-5,7,11,15H,6,8-10,12-13H2/t15-/m1/s1. The van der Waals surface area contributed by atoms with E-state index >= 15 is 0 Å². The van der Waals surface area contributed by atoms with Gasteiger partial charge in [0.05, 0.1) is 23.3 Å². The Morgan fingerprint density at radius 1 is 1.15 bits per heavy atom. The van der Waals surface area contributed by atoms with Crippen molar-refractivity contribution in [2.45, 2.75) is 24.0 Å². The van der Waals surface area contributed by atoms with Crippen LogP contribution in [0.2, 0.25) is 0 Å². The first-order valence-corrected chi connectivity index (χ1v) is 9.98. The van der Waals surface area contributed by atoms with Gasteiger partial charge in [0.15, 0.2) is 11.5 Å². The highest BCUT2D eigenvalue weighted by atomic mass is 32.2. The molecule has 0 radical (unpaired) electrons. The lowest BCUT2D eigenvalue weighted by Gasteiger charge is -2.21. The van der Waals surface area contributed by atoms with Gasteiger partial charge in [-0.1, -0.05) is 6.07 Å². The Balaban J connectivity index is 1.42. The predicted octanol–water partition coefficient (Wildman–Crippen LogP) is 1.83. The third-order valence-electron chi connectivity index (χ3n) is 4.45. The molecule has 0 spiro atoms. The molecule has 7 nitrogen and oxygen atoms in total. The van der Waals surface area contributed by atoms with Gasteiger partial charge in [0.1, 0.15) is 13.2 Å². The van der Waals surface area contributed by atoms with Crippen molar-refractivity contribution in [1.29, 1.82) is 0 Å². The average molecular weight is 376 g/mol. The molecule has 1 atom stereocenters. The van der Waals surface area contributed by atoms with Crippen LogP contribution in [-0.4, -0.2) is 50.1 Å². The lowest BCUT2D eigenvalue weighted by atomic mass is 10.3. The number of hydrogen-bond acceptors (Lipinski definition) is 6. The van der Waals surface area contributed by atoms with E-state index in [1.807, 2.05) is 18.2 Å². The average Bonchev–Trinajstić information content (AvgIpc) is 3.17. The Morgan fingerprint density at radius 2 is 2.00 bits per heavy atom. The summed E-state index contributed by atoms with van der Waals surface area (Å²) in [6, 6.07) is 10.4. The molecule has 1 aromatic carbocycles. The number of sulfonamides is 1. The second-order valence-corrected chi connectivity index (χ2v) is 8.15. The highest BCUT2D eigenvalue weighted by Crippen LogP contribution is 2.34. The summed E-state index contributed by atoms with van der Waals surface area (Å²) in [5.41, 5.74) is 0.834. The van der Waals surface area contributed by atoms with Crippen molar-refractivity contribution in [2.75, 3.05) is 26.3 Å². The highest BCUT2D eigenvalue weighted by molar-refractivity contribution is 7.89.